The number of nitrogens with one attached hydrogen (secondary N) is 1. The summed E-state index contributed by atoms with van der Waals surface area (Å²) in [6.45, 7) is 8.45. The molecule has 0 aliphatic rings. The number of rotatable bonds is 7. The summed E-state index contributed by atoms with van der Waals surface area (Å²) >= 11 is 0. The lowest BCUT2D eigenvalue weighted by Gasteiger charge is -2.19. The quantitative estimate of drug-likeness (QED) is 0.727. The Kier molecular flexibility index (Phi) is 5.56. The summed E-state index contributed by atoms with van der Waals surface area (Å²) in [6.07, 6.45) is 4.30. The van der Waals surface area contributed by atoms with E-state index in [9.17, 15) is 0 Å². The highest BCUT2D eigenvalue weighted by Gasteiger charge is 2.02. The molecule has 90 valence electrons. The van der Waals surface area contributed by atoms with Crippen LogP contribution in [-0.2, 0) is 0 Å². The molecule has 0 radical (unpaired) electrons. The van der Waals surface area contributed by atoms with Gasteiger partial charge < -0.3 is 16.0 Å². The Morgan fingerprint density at radius 3 is 2.81 bits per heavy atom. The molecule has 1 aromatic heterocycles. The number of hydrogen-bond acceptors (Lipinski definition) is 5. The van der Waals surface area contributed by atoms with Crippen molar-refractivity contribution in [2.45, 2.75) is 20.3 Å². The molecule has 0 fully saturated rings. The van der Waals surface area contributed by atoms with Crippen molar-refractivity contribution in [3.05, 3.63) is 12.5 Å². The number of aromatic nitrogens is 2. The van der Waals surface area contributed by atoms with Crippen LogP contribution in [0.25, 0.3) is 0 Å². The standard InChI is InChI=1S/C11H21N5/c1-3-6-16(4-2)7-5-14-11-10(12)8-13-9-15-11/h8-9H,3-7,12H2,1-2H3,(H,13,14,15). The zero-order chi connectivity index (χ0) is 11.8. The Morgan fingerprint density at radius 1 is 1.38 bits per heavy atom. The monoisotopic (exact) mass is 223 g/mol. The fraction of sp³-hybridized carbons (Fsp3) is 0.636. The SMILES string of the molecule is CCCN(CC)CCNc1ncncc1N. The fourth-order valence-corrected chi connectivity index (χ4v) is 1.56. The van der Waals surface area contributed by atoms with Crippen molar-refractivity contribution in [2.24, 2.45) is 0 Å². The van der Waals surface area contributed by atoms with Gasteiger partial charge >= 0.3 is 0 Å². The largest absolute Gasteiger partial charge is 0.394 e. The Bertz CT molecular complexity index is 302. The van der Waals surface area contributed by atoms with Crippen LogP contribution in [0.15, 0.2) is 12.5 Å². The number of nitrogen functional groups attached to an aromatic ring is 1. The molecule has 0 unspecified atom stereocenters. The van der Waals surface area contributed by atoms with Crippen LogP contribution >= 0.6 is 0 Å². The first-order valence-corrected chi connectivity index (χ1v) is 5.79. The van der Waals surface area contributed by atoms with Crippen molar-refractivity contribution in [3.63, 3.8) is 0 Å². The highest BCUT2D eigenvalue weighted by Crippen LogP contribution is 2.10. The third-order valence-corrected chi connectivity index (χ3v) is 2.45. The minimum absolute atomic E-state index is 0.598. The lowest BCUT2D eigenvalue weighted by Crippen LogP contribution is -2.29. The average molecular weight is 223 g/mol. The molecule has 0 atom stereocenters. The second-order valence-corrected chi connectivity index (χ2v) is 3.69. The predicted molar refractivity (Wildman–Crippen MR) is 67.3 cm³/mol. The lowest BCUT2D eigenvalue weighted by molar-refractivity contribution is 0.300. The number of anilines is 2. The summed E-state index contributed by atoms with van der Waals surface area (Å²) in [5.74, 6) is 0.725. The Hall–Kier alpha value is -1.36. The van der Waals surface area contributed by atoms with Crippen LogP contribution in [0.4, 0.5) is 11.5 Å². The highest BCUT2D eigenvalue weighted by molar-refractivity contribution is 5.58. The Balaban J connectivity index is 2.32. The number of likely N-dealkylation sites (N-methyl/N-ethyl adjacent to an activating group) is 1. The summed E-state index contributed by atoms with van der Waals surface area (Å²) in [6, 6.07) is 0. The molecule has 0 amide bonds. The van der Waals surface area contributed by atoms with Crippen molar-refractivity contribution >= 4 is 11.5 Å². The Morgan fingerprint density at radius 2 is 2.19 bits per heavy atom. The van der Waals surface area contributed by atoms with Gasteiger partial charge in [-0.05, 0) is 19.5 Å². The first-order chi connectivity index (χ1) is 7.77. The first-order valence-electron chi connectivity index (χ1n) is 5.79. The van der Waals surface area contributed by atoms with E-state index in [1.165, 1.54) is 12.7 Å². The molecule has 0 aliphatic heterocycles. The smallest absolute Gasteiger partial charge is 0.152 e. The van der Waals surface area contributed by atoms with E-state index in [4.69, 9.17) is 5.73 Å². The molecule has 1 heterocycles. The van der Waals surface area contributed by atoms with Gasteiger partial charge in [-0.3, -0.25) is 0 Å². The number of nitrogens with zero attached hydrogens (tertiary/aromatic N) is 3. The van der Waals surface area contributed by atoms with E-state index in [2.05, 4.69) is 34.0 Å². The molecule has 0 saturated carbocycles. The minimum Gasteiger partial charge on any atom is -0.394 e. The van der Waals surface area contributed by atoms with Gasteiger partial charge in [0.25, 0.3) is 0 Å². The van der Waals surface area contributed by atoms with E-state index < -0.39 is 0 Å². The zero-order valence-electron chi connectivity index (χ0n) is 10.1. The van der Waals surface area contributed by atoms with Gasteiger partial charge in [0.1, 0.15) is 6.33 Å². The maximum atomic E-state index is 5.73. The minimum atomic E-state index is 0.598. The second kappa shape index (κ2) is 7.00. The molecule has 0 bridgehead atoms. The summed E-state index contributed by atoms with van der Waals surface area (Å²) in [5, 5.41) is 3.22. The van der Waals surface area contributed by atoms with Crippen molar-refractivity contribution < 1.29 is 0 Å². The molecule has 0 aliphatic carbocycles. The molecule has 5 heteroatoms. The molecule has 0 aromatic carbocycles. The van der Waals surface area contributed by atoms with E-state index >= 15 is 0 Å². The molecule has 3 N–H and O–H groups in total. The highest BCUT2D eigenvalue weighted by atomic mass is 15.1. The fourth-order valence-electron chi connectivity index (χ4n) is 1.56. The van der Waals surface area contributed by atoms with E-state index in [1.807, 2.05) is 0 Å². The predicted octanol–water partition coefficient (Wildman–Crippen LogP) is 1.20. The Labute approximate surface area is 97.1 Å². The lowest BCUT2D eigenvalue weighted by atomic mass is 10.4. The van der Waals surface area contributed by atoms with Gasteiger partial charge in [-0.2, -0.15) is 0 Å². The van der Waals surface area contributed by atoms with Gasteiger partial charge in [0, 0.05) is 13.1 Å². The van der Waals surface area contributed by atoms with Crippen LogP contribution < -0.4 is 11.1 Å². The topological polar surface area (TPSA) is 67.1 Å². The molecular weight excluding hydrogens is 202 g/mol. The third kappa shape index (κ3) is 4.02. The van der Waals surface area contributed by atoms with Gasteiger partial charge in [-0.25, -0.2) is 9.97 Å². The van der Waals surface area contributed by atoms with E-state index in [0.29, 0.717) is 5.69 Å². The van der Waals surface area contributed by atoms with Gasteiger partial charge in [0.2, 0.25) is 0 Å². The maximum absolute atomic E-state index is 5.73. The average Bonchev–Trinajstić information content (AvgIpc) is 2.30. The van der Waals surface area contributed by atoms with Crippen LogP contribution in [0.5, 0.6) is 0 Å². The van der Waals surface area contributed by atoms with Gasteiger partial charge in [-0.15, -0.1) is 0 Å². The number of hydrogen-bond donors (Lipinski definition) is 2. The van der Waals surface area contributed by atoms with Gasteiger partial charge in [-0.1, -0.05) is 13.8 Å². The summed E-state index contributed by atoms with van der Waals surface area (Å²) in [7, 11) is 0. The van der Waals surface area contributed by atoms with Gasteiger partial charge in [0.15, 0.2) is 5.82 Å². The molecule has 0 spiro atoms. The van der Waals surface area contributed by atoms with Gasteiger partial charge in [0.05, 0.1) is 11.9 Å². The first kappa shape index (κ1) is 12.7. The van der Waals surface area contributed by atoms with Crippen LogP contribution in [0.1, 0.15) is 20.3 Å². The zero-order valence-corrected chi connectivity index (χ0v) is 10.1. The van der Waals surface area contributed by atoms with E-state index in [1.54, 1.807) is 6.20 Å². The summed E-state index contributed by atoms with van der Waals surface area (Å²) in [4.78, 5) is 10.3. The third-order valence-electron chi connectivity index (χ3n) is 2.45. The van der Waals surface area contributed by atoms with Crippen LogP contribution in [0.2, 0.25) is 0 Å². The molecule has 16 heavy (non-hydrogen) atoms. The normalized spacial score (nSPS) is 10.7. The van der Waals surface area contributed by atoms with Crippen molar-refractivity contribution in [2.75, 3.05) is 37.2 Å². The molecule has 1 rings (SSSR count). The van der Waals surface area contributed by atoms with Crippen molar-refractivity contribution in [1.82, 2.24) is 14.9 Å². The second-order valence-electron chi connectivity index (χ2n) is 3.69. The van der Waals surface area contributed by atoms with Crippen molar-refractivity contribution in [1.29, 1.82) is 0 Å². The van der Waals surface area contributed by atoms with Crippen LogP contribution in [0.3, 0.4) is 0 Å². The van der Waals surface area contributed by atoms with E-state index in [-0.39, 0.29) is 0 Å². The van der Waals surface area contributed by atoms with Crippen LogP contribution in [-0.4, -0.2) is 41.0 Å². The van der Waals surface area contributed by atoms with E-state index in [0.717, 1.165) is 32.0 Å². The maximum Gasteiger partial charge on any atom is 0.152 e. The van der Waals surface area contributed by atoms with Crippen LogP contribution in [0, 0.1) is 0 Å². The molecule has 5 nitrogen and oxygen atoms in total. The van der Waals surface area contributed by atoms with Crippen molar-refractivity contribution in [3.8, 4) is 0 Å². The molecular formula is C11H21N5. The summed E-state index contributed by atoms with van der Waals surface area (Å²) in [5.41, 5.74) is 6.33. The molecule has 0 saturated heterocycles. The summed E-state index contributed by atoms with van der Waals surface area (Å²) < 4.78 is 0. The number of nitrogens with two attached hydrogens (primary N) is 1. The molecule has 1 aromatic rings.